The van der Waals surface area contributed by atoms with Gasteiger partial charge in [0.2, 0.25) is 0 Å². The predicted octanol–water partition coefficient (Wildman–Crippen LogP) is 4.68. The fraction of sp³-hybridized carbons (Fsp3) is 0.833. The van der Waals surface area contributed by atoms with Gasteiger partial charge in [-0.15, -0.1) is 0 Å². The van der Waals surface area contributed by atoms with Gasteiger partial charge in [0, 0.05) is 6.42 Å². The molecule has 2 nitrogen and oxygen atoms in total. The van der Waals surface area contributed by atoms with E-state index in [-0.39, 0.29) is 11.4 Å². The van der Waals surface area contributed by atoms with Crippen molar-refractivity contribution in [3.8, 4) is 0 Å². The van der Waals surface area contributed by atoms with Crippen molar-refractivity contribution >= 4 is 5.78 Å². The average Bonchev–Trinajstić information content (AvgIpc) is 2.49. The van der Waals surface area contributed by atoms with Crippen molar-refractivity contribution in [2.45, 2.75) is 78.2 Å². The van der Waals surface area contributed by atoms with Crippen LogP contribution in [0.25, 0.3) is 0 Å². The molecule has 0 spiro atoms. The molecule has 1 saturated carbocycles. The van der Waals surface area contributed by atoms with E-state index in [9.17, 15) is 4.79 Å². The number of Topliss-reactive ketones (excluding diaryl/α,β-unsaturated/α-hetero) is 1. The number of ketones is 1. The Labute approximate surface area is 124 Å². The lowest BCUT2D eigenvalue weighted by Gasteiger charge is -2.49. The zero-order valence-electron chi connectivity index (χ0n) is 13.6. The Kier molecular flexibility index (Phi) is 4.73. The van der Waals surface area contributed by atoms with Gasteiger partial charge in [0.05, 0.1) is 12.2 Å². The predicted molar refractivity (Wildman–Crippen MR) is 82.7 cm³/mol. The van der Waals surface area contributed by atoms with E-state index in [1.807, 2.05) is 0 Å². The van der Waals surface area contributed by atoms with Gasteiger partial charge in [-0.25, -0.2) is 0 Å². The highest BCUT2D eigenvalue weighted by Gasteiger charge is 2.47. The molecule has 0 aromatic heterocycles. The zero-order chi connectivity index (χ0) is 14.8. The fourth-order valence-electron chi connectivity index (χ4n) is 4.24. The summed E-state index contributed by atoms with van der Waals surface area (Å²) in [6.07, 6.45) is 9.95. The third-order valence-electron chi connectivity index (χ3n) is 5.45. The van der Waals surface area contributed by atoms with E-state index >= 15 is 0 Å². The summed E-state index contributed by atoms with van der Waals surface area (Å²) in [5, 5.41) is 0. The number of fused-ring (bicyclic) bond motifs is 1. The van der Waals surface area contributed by atoms with E-state index in [4.69, 9.17) is 4.74 Å². The van der Waals surface area contributed by atoms with Gasteiger partial charge in [-0.2, -0.15) is 0 Å². The van der Waals surface area contributed by atoms with Crippen LogP contribution >= 0.6 is 0 Å². The number of carbonyl (C=O) groups excluding carboxylic acids is 1. The molecule has 0 N–H and O–H groups in total. The van der Waals surface area contributed by atoms with E-state index < -0.39 is 0 Å². The van der Waals surface area contributed by atoms with Crippen LogP contribution in [0.2, 0.25) is 0 Å². The van der Waals surface area contributed by atoms with Crippen LogP contribution in [0.15, 0.2) is 11.6 Å². The van der Waals surface area contributed by atoms with Crippen molar-refractivity contribution in [1.82, 2.24) is 0 Å². The fourth-order valence-corrected chi connectivity index (χ4v) is 4.24. The standard InChI is InChI=1S/C18H30O2/c1-14(19)7-5-8-15-9-10-16-17(2,3)11-6-12-18(16,4)20-13-15/h8,16H,5-7,9-13H2,1-4H3/t16-,18-/m1/s1. The van der Waals surface area contributed by atoms with E-state index in [0.29, 0.717) is 17.8 Å². The summed E-state index contributed by atoms with van der Waals surface area (Å²) in [7, 11) is 0. The van der Waals surface area contributed by atoms with Crippen LogP contribution in [0.3, 0.4) is 0 Å². The minimum Gasteiger partial charge on any atom is -0.371 e. The Morgan fingerprint density at radius 3 is 2.80 bits per heavy atom. The zero-order valence-corrected chi connectivity index (χ0v) is 13.6. The molecule has 0 aromatic carbocycles. The van der Waals surface area contributed by atoms with Gasteiger partial charge in [0.25, 0.3) is 0 Å². The van der Waals surface area contributed by atoms with Crippen molar-refractivity contribution < 1.29 is 9.53 Å². The Morgan fingerprint density at radius 1 is 1.35 bits per heavy atom. The molecular weight excluding hydrogens is 248 g/mol. The second kappa shape index (κ2) is 6.01. The van der Waals surface area contributed by atoms with E-state index in [1.54, 1.807) is 6.92 Å². The summed E-state index contributed by atoms with van der Waals surface area (Å²) in [6.45, 7) is 9.56. The summed E-state index contributed by atoms with van der Waals surface area (Å²) in [5.74, 6) is 0.931. The van der Waals surface area contributed by atoms with Gasteiger partial charge < -0.3 is 9.53 Å². The second-order valence-electron chi connectivity index (χ2n) is 7.64. The van der Waals surface area contributed by atoms with Gasteiger partial charge in [0.1, 0.15) is 5.78 Å². The molecule has 2 aliphatic rings. The molecule has 0 aromatic rings. The van der Waals surface area contributed by atoms with Crippen LogP contribution in [0.1, 0.15) is 72.6 Å². The maximum absolute atomic E-state index is 11.0. The van der Waals surface area contributed by atoms with Crippen molar-refractivity contribution in [3.63, 3.8) is 0 Å². The molecule has 1 heterocycles. The molecule has 2 rings (SSSR count). The summed E-state index contributed by atoms with van der Waals surface area (Å²) in [4.78, 5) is 11.0. The molecule has 1 saturated heterocycles. The second-order valence-corrected chi connectivity index (χ2v) is 7.64. The highest BCUT2D eigenvalue weighted by molar-refractivity contribution is 5.75. The summed E-state index contributed by atoms with van der Waals surface area (Å²) < 4.78 is 6.35. The van der Waals surface area contributed by atoms with E-state index in [2.05, 4.69) is 26.8 Å². The smallest absolute Gasteiger partial charge is 0.130 e. The lowest BCUT2D eigenvalue weighted by Crippen LogP contribution is -2.48. The number of hydrogen-bond acceptors (Lipinski definition) is 2. The van der Waals surface area contributed by atoms with Crippen LogP contribution in [0, 0.1) is 11.3 Å². The van der Waals surface area contributed by atoms with Crippen molar-refractivity contribution in [2.24, 2.45) is 11.3 Å². The van der Waals surface area contributed by atoms with Gasteiger partial charge in [-0.05, 0) is 62.9 Å². The molecular formula is C18H30O2. The molecule has 1 aliphatic carbocycles. The Morgan fingerprint density at radius 2 is 2.10 bits per heavy atom. The first-order chi connectivity index (χ1) is 9.33. The molecule has 2 fully saturated rings. The molecule has 2 heteroatoms. The minimum absolute atomic E-state index is 0.0535. The molecule has 0 bridgehead atoms. The monoisotopic (exact) mass is 278 g/mol. The summed E-state index contributed by atoms with van der Waals surface area (Å²) in [6, 6.07) is 0. The highest BCUT2D eigenvalue weighted by atomic mass is 16.5. The van der Waals surface area contributed by atoms with Crippen LogP contribution in [0.5, 0.6) is 0 Å². The molecule has 114 valence electrons. The van der Waals surface area contributed by atoms with E-state index in [1.165, 1.54) is 31.3 Å². The first-order valence-corrected chi connectivity index (χ1v) is 8.15. The number of ether oxygens (including phenoxy) is 1. The van der Waals surface area contributed by atoms with E-state index in [0.717, 1.165) is 19.4 Å². The quantitative estimate of drug-likeness (QED) is 0.701. The lowest BCUT2D eigenvalue weighted by atomic mass is 9.60. The van der Waals surface area contributed by atoms with Gasteiger partial charge in [-0.3, -0.25) is 0 Å². The number of carbonyl (C=O) groups is 1. The molecule has 1 aliphatic heterocycles. The topological polar surface area (TPSA) is 26.3 Å². The number of hydrogen-bond donors (Lipinski definition) is 0. The third-order valence-corrected chi connectivity index (χ3v) is 5.45. The van der Waals surface area contributed by atoms with Gasteiger partial charge >= 0.3 is 0 Å². The largest absolute Gasteiger partial charge is 0.371 e. The van der Waals surface area contributed by atoms with Crippen molar-refractivity contribution in [2.75, 3.05) is 6.61 Å². The lowest BCUT2D eigenvalue weighted by molar-refractivity contribution is -0.122. The van der Waals surface area contributed by atoms with Crippen molar-refractivity contribution in [3.05, 3.63) is 11.6 Å². The van der Waals surface area contributed by atoms with Gasteiger partial charge in [0.15, 0.2) is 0 Å². The Hall–Kier alpha value is -0.630. The molecule has 20 heavy (non-hydrogen) atoms. The van der Waals surface area contributed by atoms with Crippen LogP contribution in [-0.4, -0.2) is 18.0 Å². The number of allylic oxidation sites excluding steroid dienone is 1. The van der Waals surface area contributed by atoms with Crippen LogP contribution in [0.4, 0.5) is 0 Å². The number of rotatable bonds is 3. The first-order valence-electron chi connectivity index (χ1n) is 8.15. The normalized spacial score (nSPS) is 35.4. The van der Waals surface area contributed by atoms with Crippen LogP contribution < -0.4 is 0 Å². The SMILES string of the molecule is CC(=O)CCC=C1CC[C@@H]2C(C)(C)CCC[C@@]2(C)OC1. The minimum atomic E-state index is 0.0535. The summed E-state index contributed by atoms with van der Waals surface area (Å²) >= 11 is 0. The molecule has 2 atom stereocenters. The molecule has 0 amide bonds. The average molecular weight is 278 g/mol. The highest BCUT2D eigenvalue weighted by Crippen LogP contribution is 2.51. The van der Waals surface area contributed by atoms with Crippen LogP contribution in [-0.2, 0) is 9.53 Å². The molecule has 0 radical (unpaired) electrons. The third kappa shape index (κ3) is 3.52. The maximum Gasteiger partial charge on any atom is 0.130 e. The summed E-state index contributed by atoms with van der Waals surface area (Å²) in [5.41, 5.74) is 1.84. The van der Waals surface area contributed by atoms with Gasteiger partial charge in [-0.1, -0.05) is 26.3 Å². The Bertz CT molecular complexity index is 394. The molecule has 0 unspecified atom stereocenters. The van der Waals surface area contributed by atoms with Crippen molar-refractivity contribution in [1.29, 1.82) is 0 Å². The Balaban J connectivity index is 2.05. The first kappa shape index (κ1) is 15.8. The maximum atomic E-state index is 11.0.